The van der Waals surface area contributed by atoms with E-state index in [1.54, 1.807) is 6.20 Å². The normalized spacial score (nSPS) is 25.9. The van der Waals surface area contributed by atoms with Gasteiger partial charge in [-0.2, -0.15) is 0 Å². The fraction of sp³-hybridized carbons (Fsp3) is 0.615. The number of hydrogen-bond acceptors (Lipinski definition) is 4. The van der Waals surface area contributed by atoms with Crippen molar-refractivity contribution < 1.29 is 14.7 Å². The lowest BCUT2D eigenvalue weighted by Crippen LogP contribution is -2.58. The van der Waals surface area contributed by atoms with Crippen LogP contribution >= 0.6 is 11.3 Å². The van der Waals surface area contributed by atoms with Crippen LogP contribution in [0.4, 0.5) is 4.79 Å². The van der Waals surface area contributed by atoms with Gasteiger partial charge in [0.15, 0.2) is 0 Å². The average molecular weight is 297 g/mol. The molecule has 2 amide bonds. The molecule has 1 aromatic heterocycles. The number of aliphatic carboxylic acids is 1. The average Bonchev–Trinajstić information content (AvgIpc) is 2.92. The number of carbonyl (C=O) groups excluding carboxylic acids is 1. The Morgan fingerprint density at radius 1 is 1.50 bits per heavy atom. The zero-order valence-corrected chi connectivity index (χ0v) is 12.2. The molecule has 0 bridgehead atoms. The van der Waals surface area contributed by atoms with Crippen molar-refractivity contribution in [3.8, 4) is 0 Å². The smallest absolute Gasteiger partial charge is 0.329 e. The molecular weight excluding hydrogens is 278 g/mol. The molecule has 0 aromatic carbocycles. The molecule has 2 rings (SSSR count). The van der Waals surface area contributed by atoms with E-state index < -0.39 is 17.5 Å². The van der Waals surface area contributed by atoms with Crippen molar-refractivity contribution in [3.05, 3.63) is 16.6 Å². The van der Waals surface area contributed by atoms with Crippen molar-refractivity contribution in [1.29, 1.82) is 0 Å². The maximum atomic E-state index is 11.9. The van der Waals surface area contributed by atoms with E-state index in [1.807, 2.05) is 5.38 Å². The van der Waals surface area contributed by atoms with E-state index in [0.29, 0.717) is 25.3 Å². The molecule has 0 spiro atoms. The fourth-order valence-electron chi connectivity index (χ4n) is 2.40. The van der Waals surface area contributed by atoms with Gasteiger partial charge in [0, 0.05) is 11.6 Å². The molecule has 0 aliphatic heterocycles. The second-order valence-electron chi connectivity index (χ2n) is 5.30. The van der Waals surface area contributed by atoms with Gasteiger partial charge in [0.25, 0.3) is 0 Å². The zero-order valence-electron chi connectivity index (χ0n) is 11.4. The lowest BCUT2D eigenvalue weighted by Gasteiger charge is -2.36. The first-order chi connectivity index (χ1) is 9.52. The molecule has 6 nitrogen and oxygen atoms in total. The number of nitrogens with one attached hydrogen (secondary N) is 2. The van der Waals surface area contributed by atoms with Crippen LogP contribution in [0.1, 0.15) is 37.6 Å². The van der Waals surface area contributed by atoms with E-state index >= 15 is 0 Å². The number of carboxylic acids is 1. The minimum absolute atomic E-state index is 0.315. The van der Waals surface area contributed by atoms with Crippen molar-refractivity contribution in [2.24, 2.45) is 5.92 Å². The first kappa shape index (κ1) is 14.8. The quantitative estimate of drug-likeness (QED) is 0.792. The Kier molecular flexibility index (Phi) is 4.59. The van der Waals surface area contributed by atoms with Crippen LogP contribution in [-0.4, -0.2) is 27.6 Å². The lowest BCUT2D eigenvalue weighted by molar-refractivity contribution is -0.146. The van der Waals surface area contributed by atoms with E-state index in [2.05, 4.69) is 22.5 Å². The third-order valence-corrected chi connectivity index (χ3v) is 4.55. The Balaban J connectivity index is 1.91. The van der Waals surface area contributed by atoms with E-state index in [0.717, 1.165) is 17.8 Å². The summed E-state index contributed by atoms with van der Waals surface area (Å²) < 4.78 is 0. The first-order valence-electron chi connectivity index (χ1n) is 6.69. The molecule has 1 saturated carbocycles. The van der Waals surface area contributed by atoms with Crippen LogP contribution in [0.5, 0.6) is 0 Å². The summed E-state index contributed by atoms with van der Waals surface area (Å²) in [6.07, 6.45) is 4.27. The van der Waals surface area contributed by atoms with Gasteiger partial charge in [-0.15, -0.1) is 11.3 Å². The third kappa shape index (κ3) is 3.47. The molecule has 0 unspecified atom stereocenters. The van der Waals surface area contributed by atoms with Gasteiger partial charge in [-0.05, 0) is 31.6 Å². The molecule has 110 valence electrons. The van der Waals surface area contributed by atoms with Crippen molar-refractivity contribution in [1.82, 2.24) is 15.6 Å². The molecule has 3 N–H and O–H groups in total. The molecule has 0 radical (unpaired) electrons. The van der Waals surface area contributed by atoms with Crippen molar-refractivity contribution in [3.63, 3.8) is 0 Å². The molecule has 1 fully saturated rings. The van der Waals surface area contributed by atoms with Crippen LogP contribution in [0, 0.1) is 5.92 Å². The van der Waals surface area contributed by atoms with Crippen molar-refractivity contribution in [2.75, 3.05) is 0 Å². The topological polar surface area (TPSA) is 91.3 Å². The highest BCUT2D eigenvalue weighted by molar-refractivity contribution is 7.09. The number of aromatic nitrogens is 1. The van der Waals surface area contributed by atoms with Crippen LogP contribution in [0.3, 0.4) is 0 Å². The van der Waals surface area contributed by atoms with Crippen LogP contribution < -0.4 is 10.6 Å². The highest BCUT2D eigenvalue weighted by Crippen LogP contribution is 2.32. The summed E-state index contributed by atoms with van der Waals surface area (Å²) in [6.45, 7) is 2.42. The number of rotatable bonds is 4. The lowest BCUT2D eigenvalue weighted by atomic mass is 9.77. The Labute approximate surface area is 121 Å². The van der Waals surface area contributed by atoms with Crippen molar-refractivity contribution in [2.45, 2.75) is 44.7 Å². The predicted molar refractivity (Wildman–Crippen MR) is 75.5 cm³/mol. The second-order valence-corrected chi connectivity index (χ2v) is 6.28. The van der Waals surface area contributed by atoms with Crippen LogP contribution in [0.25, 0.3) is 0 Å². The van der Waals surface area contributed by atoms with Gasteiger partial charge >= 0.3 is 12.0 Å². The molecular formula is C13H19N3O3S. The van der Waals surface area contributed by atoms with E-state index in [4.69, 9.17) is 0 Å². The number of hydrogen-bond donors (Lipinski definition) is 3. The van der Waals surface area contributed by atoms with E-state index in [9.17, 15) is 14.7 Å². The number of urea groups is 1. The van der Waals surface area contributed by atoms with Crippen LogP contribution in [0.2, 0.25) is 0 Å². The highest BCUT2D eigenvalue weighted by atomic mass is 32.1. The summed E-state index contributed by atoms with van der Waals surface area (Å²) in [4.78, 5) is 27.4. The van der Waals surface area contributed by atoms with Gasteiger partial charge in [-0.3, -0.25) is 0 Å². The van der Waals surface area contributed by atoms with Crippen molar-refractivity contribution >= 4 is 23.3 Å². The van der Waals surface area contributed by atoms with Crippen LogP contribution in [-0.2, 0) is 11.3 Å². The number of carbonyl (C=O) groups is 2. The minimum Gasteiger partial charge on any atom is -0.480 e. The van der Waals surface area contributed by atoms with Gasteiger partial charge < -0.3 is 15.7 Å². The SMILES string of the molecule is CC1CCC(NC(=O)NCc2nccs2)(C(=O)O)CC1. The summed E-state index contributed by atoms with van der Waals surface area (Å²) in [6, 6.07) is -0.447. The van der Waals surface area contributed by atoms with Gasteiger partial charge in [0.05, 0.1) is 6.54 Å². The van der Waals surface area contributed by atoms with Crippen LogP contribution in [0.15, 0.2) is 11.6 Å². The first-order valence-corrected chi connectivity index (χ1v) is 7.57. The number of amides is 2. The maximum absolute atomic E-state index is 11.9. The molecule has 1 aromatic rings. The fourth-order valence-corrected chi connectivity index (χ4v) is 2.96. The minimum atomic E-state index is -1.13. The Morgan fingerprint density at radius 2 is 2.20 bits per heavy atom. The van der Waals surface area contributed by atoms with Gasteiger partial charge in [0.2, 0.25) is 0 Å². The van der Waals surface area contributed by atoms with Gasteiger partial charge in [-0.1, -0.05) is 6.92 Å². The summed E-state index contributed by atoms with van der Waals surface area (Å²) in [5.41, 5.74) is -1.13. The summed E-state index contributed by atoms with van der Waals surface area (Å²) in [7, 11) is 0. The summed E-state index contributed by atoms with van der Waals surface area (Å²) >= 11 is 1.45. The standard InChI is InChI=1S/C13H19N3O3S/c1-9-2-4-13(5-3-9,11(17)18)16-12(19)15-8-10-14-6-7-20-10/h6-7,9H,2-5,8H2,1H3,(H,17,18)(H2,15,16,19). The Bertz CT molecular complexity index is 467. The molecule has 1 heterocycles. The van der Waals surface area contributed by atoms with Gasteiger partial charge in [0.1, 0.15) is 10.5 Å². The highest BCUT2D eigenvalue weighted by Gasteiger charge is 2.42. The monoisotopic (exact) mass is 297 g/mol. The Hall–Kier alpha value is -1.63. The maximum Gasteiger partial charge on any atom is 0.329 e. The summed E-state index contributed by atoms with van der Waals surface area (Å²) in [5.74, 6) is -0.434. The molecule has 1 aliphatic rings. The number of thiazole rings is 1. The molecule has 1 aliphatic carbocycles. The Morgan fingerprint density at radius 3 is 2.75 bits per heavy atom. The second kappa shape index (κ2) is 6.21. The molecule has 0 atom stereocenters. The van der Waals surface area contributed by atoms with E-state index in [1.165, 1.54) is 11.3 Å². The zero-order chi connectivity index (χ0) is 14.6. The molecule has 20 heavy (non-hydrogen) atoms. The molecule has 0 saturated heterocycles. The third-order valence-electron chi connectivity index (χ3n) is 3.77. The summed E-state index contributed by atoms with van der Waals surface area (Å²) in [5, 5.41) is 17.3. The molecule has 7 heteroatoms. The number of carboxylic acid groups (broad SMARTS) is 1. The predicted octanol–water partition coefficient (Wildman–Crippen LogP) is 1.98. The van der Waals surface area contributed by atoms with Gasteiger partial charge in [-0.25, -0.2) is 14.6 Å². The number of nitrogens with zero attached hydrogens (tertiary/aromatic N) is 1. The largest absolute Gasteiger partial charge is 0.480 e. The van der Waals surface area contributed by atoms with E-state index in [-0.39, 0.29) is 0 Å².